The van der Waals surface area contributed by atoms with E-state index in [1.807, 2.05) is 6.92 Å². The third-order valence-corrected chi connectivity index (χ3v) is 7.69. The summed E-state index contributed by atoms with van der Waals surface area (Å²) < 4.78 is 16.5. The maximum atomic E-state index is 13.5. The van der Waals surface area contributed by atoms with Crippen LogP contribution in [0.5, 0.6) is 11.5 Å². The number of aliphatic hydroxyl groups excluding tert-OH is 1. The van der Waals surface area contributed by atoms with E-state index in [9.17, 15) is 19.5 Å². The van der Waals surface area contributed by atoms with E-state index in [1.54, 1.807) is 49.4 Å². The van der Waals surface area contributed by atoms with Crippen molar-refractivity contribution in [3.05, 3.63) is 88.0 Å². The number of amides is 1. The van der Waals surface area contributed by atoms with E-state index in [-0.39, 0.29) is 34.1 Å². The minimum Gasteiger partial charge on any atom is -0.507 e. The molecule has 2 unspecified atom stereocenters. The zero-order valence-corrected chi connectivity index (χ0v) is 22.4. The van der Waals surface area contributed by atoms with Crippen LogP contribution in [0.2, 0.25) is 0 Å². The number of hydrogen-bond acceptors (Lipinski definition) is 9. The number of hydrogen-bond donors (Lipinski definition) is 1. The van der Waals surface area contributed by atoms with Crippen LogP contribution in [0.1, 0.15) is 45.0 Å². The highest BCUT2D eigenvalue weighted by Gasteiger charge is 2.49. The lowest BCUT2D eigenvalue weighted by molar-refractivity contribution is -0.132. The van der Waals surface area contributed by atoms with Gasteiger partial charge >= 0.3 is 11.9 Å². The summed E-state index contributed by atoms with van der Waals surface area (Å²) in [5.41, 5.74) is 1.99. The van der Waals surface area contributed by atoms with E-state index in [4.69, 9.17) is 14.2 Å². The summed E-state index contributed by atoms with van der Waals surface area (Å²) in [5.74, 6) is -1.57. The summed E-state index contributed by atoms with van der Waals surface area (Å²) in [6, 6.07) is 11.0. The van der Waals surface area contributed by atoms with Crippen molar-refractivity contribution in [1.82, 2.24) is 4.98 Å². The van der Waals surface area contributed by atoms with Gasteiger partial charge in [0.15, 0.2) is 5.13 Å². The monoisotopic (exact) mass is 546 g/mol. The molecular weight excluding hydrogens is 520 g/mol. The second-order valence-corrected chi connectivity index (χ2v) is 10.1. The van der Waals surface area contributed by atoms with Gasteiger partial charge in [0.2, 0.25) is 0 Å². The van der Waals surface area contributed by atoms with Crippen LogP contribution < -0.4 is 14.4 Å². The predicted molar refractivity (Wildman–Crippen MR) is 145 cm³/mol. The number of nitrogens with zero attached hydrogens (tertiary/aromatic N) is 2. The second-order valence-electron chi connectivity index (χ2n) is 9.16. The van der Waals surface area contributed by atoms with Crippen molar-refractivity contribution in [3.63, 3.8) is 0 Å². The molecule has 2 aliphatic rings. The summed E-state index contributed by atoms with van der Waals surface area (Å²) in [6.45, 7) is 7.12. The van der Waals surface area contributed by atoms with Gasteiger partial charge in [-0.1, -0.05) is 42.2 Å². The molecule has 10 heteroatoms. The predicted octanol–water partition coefficient (Wildman–Crippen LogP) is 4.75. The van der Waals surface area contributed by atoms with Crippen molar-refractivity contribution in [2.75, 3.05) is 18.6 Å². The topological polar surface area (TPSA) is 115 Å². The molecule has 3 heterocycles. The molecule has 5 rings (SSSR count). The van der Waals surface area contributed by atoms with E-state index < -0.39 is 23.7 Å². The van der Waals surface area contributed by atoms with Gasteiger partial charge in [-0.2, -0.15) is 0 Å². The fourth-order valence-electron chi connectivity index (χ4n) is 4.82. The zero-order chi connectivity index (χ0) is 27.8. The Labute approximate surface area is 229 Å². The molecule has 0 aliphatic carbocycles. The van der Waals surface area contributed by atoms with Crippen molar-refractivity contribution in [3.8, 4) is 11.5 Å². The first-order valence-electron chi connectivity index (χ1n) is 12.2. The molecule has 1 N–H and O–H groups in total. The lowest BCUT2D eigenvalue weighted by Gasteiger charge is -2.24. The molecule has 1 fully saturated rings. The van der Waals surface area contributed by atoms with Gasteiger partial charge in [0.05, 0.1) is 18.4 Å². The molecule has 1 amide bonds. The number of aliphatic hydroxyl groups is 1. The van der Waals surface area contributed by atoms with Crippen LogP contribution >= 0.6 is 11.3 Å². The number of fused-ring (bicyclic) bond motifs is 1. The van der Waals surface area contributed by atoms with Gasteiger partial charge in [0.1, 0.15) is 40.9 Å². The van der Waals surface area contributed by atoms with Crippen molar-refractivity contribution in [2.45, 2.75) is 32.4 Å². The molecule has 2 aromatic carbocycles. The van der Waals surface area contributed by atoms with E-state index in [1.165, 1.54) is 18.1 Å². The number of para-hydroxylation sites is 1. The number of rotatable bonds is 7. The van der Waals surface area contributed by atoms with Crippen LogP contribution in [-0.2, 0) is 20.7 Å². The lowest BCUT2D eigenvalue weighted by atomic mass is 9.94. The summed E-state index contributed by atoms with van der Waals surface area (Å²) >= 11 is 0.930. The SMILES string of the molecule is C=CCOC(=O)c1sc(N2C(=O)C(=O)/C(=C(/O)c3ccc4c(c3)CC(C)O4)C2c2ccccc2OC)nc1C. The first kappa shape index (κ1) is 26.2. The Morgan fingerprint density at radius 1 is 1.28 bits per heavy atom. The van der Waals surface area contributed by atoms with Crippen LogP contribution in [0.4, 0.5) is 5.13 Å². The number of Topliss-reactive ketones (excluding diaryl/α,β-unsaturated/α-hetero) is 1. The van der Waals surface area contributed by atoms with Gasteiger partial charge in [-0.15, -0.1) is 0 Å². The number of carbonyl (C=O) groups is 3. The molecule has 0 bridgehead atoms. The van der Waals surface area contributed by atoms with Crippen molar-refractivity contribution >= 4 is 39.9 Å². The fourth-order valence-corrected chi connectivity index (χ4v) is 5.80. The number of ketones is 1. The molecule has 0 radical (unpaired) electrons. The van der Waals surface area contributed by atoms with E-state index in [0.717, 1.165) is 22.6 Å². The van der Waals surface area contributed by atoms with Crippen LogP contribution in [0, 0.1) is 6.92 Å². The normalized spacial score (nSPS) is 19.5. The summed E-state index contributed by atoms with van der Waals surface area (Å²) in [5, 5.41) is 11.6. The Morgan fingerprint density at radius 3 is 2.79 bits per heavy atom. The van der Waals surface area contributed by atoms with E-state index in [2.05, 4.69) is 11.6 Å². The highest BCUT2D eigenvalue weighted by atomic mass is 32.1. The quantitative estimate of drug-likeness (QED) is 0.148. The van der Waals surface area contributed by atoms with Crippen molar-refractivity contribution < 1.29 is 33.7 Å². The number of ether oxygens (including phenoxy) is 3. The number of benzene rings is 2. The molecule has 0 spiro atoms. The van der Waals surface area contributed by atoms with E-state index >= 15 is 0 Å². The van der Waals surface area contributed by atoms with Crippen molar-refractivity contribution in [1.29, 1.82) is 0 Å². The standard InChI is InChI=1S/C29H26N2O7S/c1-5-12-37-28(35)26-16(3)30-29(39-26)31-23(19-8-6-7-9-21(19)36-4)22(25(33)27(31)34)24(32)17-10-11-20-18(14-17)13-15(2)38-20/h5-11,14-15,23,32H,1,12-13H2,2-4H3/b24-22+. The molecule has 39 heavy (non-hydrogen) atoms. The Kier molecular flexibility index (Phi) is 6.96. The highest BCUT2D eigenvalue weighted by Crippen LogP contribution is 2.46. The van der Waals surface area contributed by atoms with E-state index in [0.29, 0.717) is 29.0 Å². The maximum absolute atomic E-state index is 13.5. The Balaban J connectivity index is 1.67. The average molecular weight is 547 g/mol. The van der Waals surface area contributed by atoms with Gasteiger partial charge < -0.3 is 19.3 Å². The zero-order valence-electron chi connectivity index (χ0n) is 21.6. The van der Waals surface area contributed by atoms with Gasteiger partial charge in [-0.05, 0) is 43.7 Å². The van der Waals surface area contributed by atoms with Crippen LogP contribution in [0.25, 0.3) is 5.76 Å². The summed E-state index contributed by atoms with van der Waals surface area (Å²) in [4.78, 5) is 45.5. The largest absolute Gasteiger partial charge is 0.507 e. The molecule has 200 valence electrons. The molecule has 3 aromatic rings. The maximum Gasteiger partial charge on any atom is 0.350 e. The number of anilines is 1. The van der Waals surface area contributed by atoms with Gasteiger partial charge in [0, 0.05) is 17.5 Å². The highest BCUT2D eigenvalue weighted by molar-refractivity contribution is 7.17. The first-order valence-corrected chi connectivity index (χ1v) is 13.1. The average Bonchev–Trinajstić information content (AvgIpc) is 3.58. The minimum absolute atomic E-state index is 0.00272. The Morgan fingerprint density at radius 2 is 2.05 bits per heavy atom. The van der Waals surface area contributed by atoms with Crippen molar-refractivity contribution in [2.24, 2.45) is 0 Å². The second kappa shape index (κ2) is 10.4. The molecular formula is C29H26N2O7S. The Hall–Kier alpha value is -4.44. The van der Waals surface area contributed by atoms with Crippen LogP contribution in [0.3, 0.4) is 0 Å². The first-order chi connectivity index (χ1) is 18.7. The minimum atomic E-state index is -1.06. The number of carbonyl (C=O) groups excluding carboxylic acids is 3. The molecule has 2 atom stereocenters. The third-order valence-electron chi connectivity index (χ3n) is 6.56. The summed E-state index contributed by atoms with van der Waals surface area (Å²) in [7, 11) is 1.48. The van der Waals surface area contributed by atoms with Gasteiger partial charge in [-0.25, -0.2) is 9.78 Å². The fraction of sp³-hybridized carbons (Fsp3) is 0.241. The van der Waals surface area contributed by atoms with Gasteiger partial charge in [-0.3, -0.25) is 14.5 Å². The number of aryl methyl sites for hydroxylation is 1. The number of aromatic nitrogens is 1. The molecule has 1 aromatic heterocycles. The Bertz CT molecular complexity index is 1540. The smallest absolute Gasteiger partial charge is 0.350 e. The van der Waals surface area contributed by atoms with Crippen LogP contribution in [0.15, 0.2) is 60.7 Å². The van der Waals surface area contributed by atoms with Gasteiger partial charge in [0.25, 0.3) is 5.78 Å². The molecule has 0 saturated carbocycles. The lowest BCUT2D eigenvalue weighted by Crippen LogP contribution is -2.29. The number of methoxy groups -OCH3 is 1. The molecule has 9 nitrogen and oxygen atoms in total. The number of esters is 1. The number of thiazole rings is 1. The molecule has 2 aliphatic heterocycles. The molecule has 1 saturated heterocycles. The summed E-state index contributed by atoms with van der Waals surface area (Å²) in [6.07, 6.45) is 2.10. The third kappa shape index (κ3) is 4.57. The van der Waals surface area contributed by atoms with Crippen LogP contribution in [-0.4, -0.2) is 47.6 Å².